The molecule has 0 radical (unpaired) electrons. The van der Waals surface area contributed by atoms with Gasteiger partial charge in [0, 0.05) is 6.04 Å². The Labute approximate surface area is 124 Å². The summed E-state index contributed by atoms with van der Waals surface area (Å²) >= 11 is 0. The summed E-state index contributed by atoms with van der Waals surface area (Å²) < 4.78 is 5.31. The molecule has 2 aromatic rings. The van der Waals surface area contributed by atoms with Crippen molar-refractivity contribution in [3.63, 3.8) is 0 Å². The summed E-state index contributed by atoms with van der Waals surface area (Å²) in [6, 6.07) is 14.2. The molecule has 0 heterocycles. The van der Waals surface area contributed by atoms with Gasteiger partial charge in [-0.3, -0.25) is 4.79 Å². The van der Waals surface area contributed by atoms with Gasteiger partial charge in [0.2, 0.25) is 0 Å². The van der Waals surface area contributed by atoms with Crippen LogP contribution >= 0.6 is 0 Å². The maximum Gasteiger partial charge on any atom is 0.255 e. The van der Waals surface area contributed by atoms with Gasteiger partial charge in [0.25, 0.3) is 5.91 Å². The van der Waals surface area contributed by atoms with Crippen LogP contribution in [0, 0.1) is 6.92 Å². The average molecular weight is 281 g/mol. The van der Waals surface area contributed by atoms with Gasteiger partial charge in [0.1, 0.15) is 5.75 Å². The molecule has 1 amide bonds. The van der Waals surface area contributed by atoms with Crippen molar-refractivity contribution in [1.29, 1.82) is 0 Å². The summed E-state index contributed by atoms with van der Waals surface area (Å²) in [7, 11) is 1.59. The van der Waals surface area contributed by atoms with Crippen LogP contribution < -0.4 is 10.1 Å². The normalized spacial score (nSPS) is 13.8. The quantitative estimate of drug-likeness (QED) is 0.939. The lowest BCUT2D eigenvalue weighted by Gasteiger charge is -2.14. The number of nitrogens with one attached hydrogen (secondary N) is 1. The van der Waals surface area contributed by atoms with Gasteiger partial charge in [-0.15, -0.1) is 0 Å². The molecule has 0 saturated carbocycles. The highest BCUT2D eigenvalue weighted by molar-refractivity contribution is 5.97. The lowest BCUT2D eigenvalue weighted by molar-refractivity contribution is 0.0935. The molecule has 2 aromatic carbocycles. The van der Waals surface area contributed by atoms with Crippen LogP contribution in [0.4, 0.5) is 0 Å². The van der Waals surface area contributed by atoms with E-state index in [1.165, 1.54) is 11.1 Å². The smallest absolute Gasteiger partial charge is 0.255 e. The second-order valence-electron chi connectivity index (χ2n) is 5.55. The first-order chi connectivity index (χ1) is 10.2. The number of benzene rings is 2. The molecule has 3 heteroatoms. The van der Waals surface area contributed by atoms with E-state index in [0.717, 1.165) is 18.4 Å². The zero-order chi connectivity index (χ0) is 14.8. The number of aryl methyl sites for hydroxylation is 1. The third kappa shape index (κ3) is 2.77. The van der Waals surface area contributed by atoms with Gasteiger partial charge in [-0.2, -0.15) is 0 Å². The summed E-state index contributed by atoms with van der Waals surface area (Å²) in [5.41, 5.74) is 4.34. The van der Waals surface area contributed by atoms with Crippen LogP contribution in [0.25, 0.3) is 0 Å². The fourth-order valence-corrected chi connectivity index (χ4v) is 2.91. The fraction of sp³-hybridized carbons (Fsp3) is 0.278. The highest BCUT2D eigenvalue weighted by Crippen LogP contribution is 2.24. The van der Waals surface area contributed by atoms with Crippen molar-refractivity contribution in [3.8, 4) is 5.75 Å². The van der Waals surface area contributed by atoms with Crippen LogP contribution in [-0.2, 0) is 12.8 Å². The Morgan fingerprint density at radius 3 is 2.43 bits per heavy atom. The van der Waals surface area contributed by atoms with Gasteiger partial charge >= 0.3 is 0 Å². The predicted octanol–water partition coefficient (Wildman–Crippen LogP) is 2.90. The van der Waals surface area contributed by atoms with Crippen molar-refractivity contribution in [2.24, 2.45) is 0 Å². The molecule has 0 aliphatic heterocycles. The van der Waals surface area contributed by atoms with Crippen molar-refractivity contribution in [3.05, 3.63) is 64.7 Å². The highest BCUT2D eigenvalue weighted by Gasteiger charge is 2.23. The molecule has 0 spiro atoms. The van der Waals surface area contributed by atoms with Gasteiger partial charge in [0.05, 0.1) is 12.7 Å². The molecule has 0 unspecified atom stereocenters. The SMILES string of the molecule is COc1cc(C)ccc1C(=O)NC1Cc2ccccc2C1. The molecular formula is C18H19NO2. The van der Waals surface area contributed by atoms with E-state index in [1.807, 2.05) is 37.3 Å². The second kappa shape index (κ2) is 5.60. The number of hydrogen-bond donors (Lipinski definition) is 1. The first-order valence-corrected chi connectivity index (χ1v) is 7.19. The number of amides is 1. The summed E-state index contributed by atoms with van der Waals surface area (Å²) in [4.78, 5) is 12.5. The summed E-state index contributed by atoms with van der Waals surface area (Å²) in [5.74, 6) is 0.563. The lowest BCUT2D eigenvalue weighted by atomic mass is 10.1. The topological polar surface area (TPSA) is 38.3 Å². The van der Waals surface area contributed by atoms with E-state index < -0.39 is 0 Å². The minimum Gasteiger partial charge on any atom is -0.496 e. The zero-order valence-corrected chi connectivity index (χ0v) is 12.3. The van der Waals surface area contributed by atoms with Crippen LogP contribution in [0.5, 0.6) is 5.75 Å². The molecule has 1 aliphatic carbocycles. The van der Waals surface area contributed by atoms with Crippen LogP contribution in [0.15, 0.2) is 42.5 Å². The third-order valence-electron chi connectivity index (χ3n) is 3.99. The fourth-order valence-electron chi connectivity index (χ4n) is 2.91. The summed E-state index contributed by atoms with van der Waals surface area (Å²) in [5, 5.41) is 3.12. The van der Waals surface area contributed by atoms with Gasteiger partial charge in [-0.1, -0.05) is 30.3 Å². The Bertz CT molecular complexity index is 654. The molecule has 108 valence electrons. The van der Waals surface area contributed by atoms with Gasteiger partial charge in [-0.25, -0.2) is 0 Å². The average Bonchev–Trinajstić information content (AvgIpc) is 2.88. The molecule has 0 atom stereocenters. The number of carbonyl (C=O) groups is 1. The highest BCUT2D eigenvalue weighted by atomic mass is 16.5. The number of ether oxygens (including phenoxy) is 1. The molecule has 0 bridgehead atoms. The van der Waals surface area contributed by atoms with Crippen LogP contribution in [0.3, 0.4) is 0 Å². The first kappa shape index (κ1) is 13.7. The first-order valence-electron chi connectivity index (χ1n) is 7.19. The number of carbonyl (C=O) groups excluding carboxylic acids is 1. The van der Waals surface area contributed by atoms with Crippen molar-refractivity contribution in [1.82, 2.24) is 5.32 Å². The van der Waals surface area contributed by atoms with Gasteiger partial charge in [-0.05, 0) is 48.6 Å². The minimum absolute atomic E-state index is 0.0651. The summed E-state index contributed by atoms with van der Waals surface area (Å²) in [6.07, 6.45) is 1.80. The maximum absolute atomic E-state index is 12.5. The molecule has 1 N–H and O–H groups in total. The number of rotatable bonds is 3. The molecule has 1 aliphatic rings. The van der Waals surface area contributed by atoms with E-state index in [4.69, 9.17) is 4.74 Å². The Morgan fingerprint density at radius 2 is 1.81 bits per heavy atom. The van der Waals surface area contributed by atoms with Gasteiger partial charge < -0.3 is 10.1 Å². The second-order valence-corrected chi connectivity index (χ2v) is 5.55. The van der Waals surface area contributed by atoms with E-state index in [0.29, 0.717) is 11.3 Å². The zero-order valence-electron chi connectivity index (χ0n) is 12.3. The lowest BCUT2D eigenvalue weighted by Crippen LogP contribution is -2.35. The van der Waals surface area contributed by atoms with Crippen molar-refractivity contribution in [2.45, 2.75) is 25.8 Å². The van der Waals surface area contributed by atoms with E-state index in [-0.39, 0.29) is 11.9 Å². The Hall–Kier alpha value is -2.29. The van der Waals surface area contributed by atoms with Crippen LogP contribution in [0.2, 0.25) is 0 Å². The molecular weight excluding hydrogens is 262 g/mol. The van der Waals surface area contributed by atoms with Crippen molar-refractivity contribution in [2.75, 3.05) is 7.11 Å². The van der Waals surface area contributed by atoms with E-state index in [2.05, 4.69) is 17.4 Å². The van der Waals surface area contributed by atoms with Crippen molar-refractivity contribution < 1.29 is 9.53 Å². The third-order valence-corrected chi connectivity index (χ3v) is 3.99. The number of methoxy groups -OCH3 is 1. The van der Waals surface area contributed by atoms with Crippen LogP contribution in [0.1, 0.15) is 27.0 Å². The standard InChI is InChI=1S/C18H19NO2/c1-12-7-8-16(17(9-12)21-2)18(20)19-15-10-13-5-3-4-6-14(13)11-15/h3-9,15H,10-11H2,1-2H3,(H,19,20). The number of hydrogen-bond acceptors (Lipinski definition) is 2. The monoisotopic (exact) mass is 281 g/mol. The van der Waals surface area contributed by atoms with Gasteiger partial charge in [0.15, 0.2) is 0 Å². The molecule has 3 rings (SSSR count). The predicted molar refractivity (Wildman–Crippen MR) is 82.8 cm³/mol. The maximum atomic E-state index is 12.5. The van der Waals surface area contributed by atoms with Crippen molar-refractivity contribution >= 4 is 5.91 Å². The Morgan fingerprint density at radius 1 is 1.14 bits per heavy atom. The van der Waals surface area contributed by atoms with E-state index >= 15 is 0 Å². The molecule has 3 nitrogen and oxygen atoms in total. The molecule has 0 saturated heterocycles. The van der Waals surface area contributed by atoms with E-state index in [9.17, 15) is 4.79 Å². The molecule has 0 fully saturated rings. The Kier molecular flexibility index (Phi) is 3.65. The minimum atomic E-state index is -0.0651. The molecule has 21 heavy (non-hydrogen) atoms. The Balaban J connectivity index is 1.74. The molecule has 0 aromatic heterocycles. The van der Waals surface area contributed by atoms with Crippen LogP contribution in [-0.4, -0.2) is 19.1 Å². The largest absolute Gasteiger partial charge is 0.496 e. The summed E-state index contributed by atoms with van der Waals surface area (Å²) in [6.45, 7) is 1.98. The number of fused-ring (bicyclic) bond motifs is 1. The van der Waals surface area contributed by atoms with E-state index in [1.54, 1.807) is 7.11 Å².